The van der Waals surface area contributed by atoms with Crippen molar-refractivity contribution in [1.82, 2.24) is 19.9 Å². The highest BCUT2D eigenvalue weighted by molar-refractivity contribution is 5.99. The lowest BCUT2D eigenvalue weighted by Crippen LogP contribution is -2.71. The molecule has 2 aromatic heterocycles. The van der Waals surface area contributed by atoms with Crippen molar-refractivity contribution in [3.63, 3.8) is 0 Å². The summed E-state index contributed by atoms with van der Waals surface area (Å²) in [5.74, 6) is 0.955. The van der Waals surface area contributed by atoms with Crippen LogP contribution in [-0.2, 0) is 5.54 Å². The maximum absolute atomic E-state index is 13.4. The Morgan fingerprint density at radius 3 is 2.41 bits per heavy atom. The van der Waals surface area contributed by atoms with Crippen LogP contribution in [0.4, 0.5) is 17.3 Å². The van der Waals surface area contributed by atoms with Crippen molar-refractivity contribution in [3.05, 3.63) is 51.9 Å². The molecule has 8 rings (SSSR count). The summed E-state index contributed by atoms with van der Waals surface area (Å²) < 4.78 is 1.80. The average molecular weight is 457 g/mol. The van der Waals surface area contributed by atoms with Gasteiger partial charge < -0.3 is 15.5 Å². The number of nitrogens with zero attached hydrogens (tertiary/aromatic N) is 4. The number of fused-ring (bicyclic) bond motifs is 1. The number of Topliss-reactive ketones (excluding diaryl/α,β-unsaturated/α-hetero) is 1. The largest absolute Gasteiger partial charge is 0.370 e. The van der Waals surface area contributed by atoms with E-state index in [1.54, 1.807) is 10.8 Å². The Kier molecular flexibility index (Phi) is 3.94. The molecule has 0 radical (unpaired) electrons. The van der Waals surface area contributed by atoms with E-state index < -0.39 is 0 Å². The lowest BCUT2D eigenvalue weighted by atomic mass is 9.49. The maximum Gasteiger partial charge on any atom is 0.263 e. The second-order valence-electron chi connectivity index (χ2n) is 11.0. The molecule has 2 aliphatic heterocycles. The lowest BCUT2D eigenvalue weighted by Gasteiger charge is -2.62. The molecule has 2 N–H and O–H groups in total. The van der Waals surface area contributed by atoms with E-state index in [4.69, 9.17) is 4.98 Å². The van der Waals surface area contributed by atoms with Crippen LogP contribution in [0.3, 0.4) is 0 Å². The number of hydrogen-bond acceptors (Lipinski definition) is 7. The number of benzene rings is 1. The standard InChI is InChI=1S/C26H28N6O2/c1-15-20-10-28-24(29-18-3-5-19(6-4-18)31-13-25(14-31)11-27-12-25)30-22(20)32(23(34)21(15)16(2)33)26-7-17(8-26)9-26/h3-6,10,17,27H,7-9,11-14H2,1-2H3,(H,28,29,30). The molecule has 2 bridgehead atoms. The molecular formula is C26H28N6O2. The van der Waals surface area contributed by atoms with Gasteiger partial charge in [-0.15, -0.1) is 0 Å². The molecule has 0 unspecified atom stereocenters. The molecule has 2 saturated heterocycles. The second-order valence-corrected chi connectivity index (χ2v) is 11.0. The van der Waals surface area contributed by atoms with E-state index in [9.17, 15) is 9.59 Å². The number of rotatable bonds is 5. The van der Waals surface area contributed by atoms with Gasteiger partial charge in [0, 0.05) is 54.6 Å². The number of ketones is 1. The van der Waals surface area contributed by atoms with Crippen LogP contribution in [0, 0.1) is 18.3 Å². The predicted molar refractivity (Wildman–Crippen MR) is 131 cm³/mol. The van der Waals surface area contributed by atoms with Crippen LogP contribution in [0.15, 0.2) is 35.3 Å². The van der Waals surface area contributed by atoms with Gasteiger partial charge in [0.1, 0.15) is 5.65 Å². The molecule has 5 fully saturated rings. The van der Waals surface area contributed by atoms with Gasteiger partial charge in [-0.2, -0.15) is 4.98 Å². The monoisotopic (exact) mass is 456 g/mol. The summed E-state index contributed by atoms with van der Waals surface area (Å²) in [6.45, 7) is 7.77. The zero-order valence-corrected chi connectivity index (χ0v) is 19.5. The Balaban J connectivity index is 1.22. The minimum atomic E-state index is -0.210. The molecule has 0 atom stereocenters. The molecule has 5 aliphatic rings. The second kappa shape index (κ2) is 6.66. The highest BCUT2D eigenvalue weighted by atomic mass is 16.1. The van der Waals surface area contributed by atoms with Crippen molar-refractivity contribution in [2.24, 2.45) is 11.3 Å². The van der Waals surface area contributed by atoms with Crippen LogP contribution in [0.2, 0.25) is 0 Å². The van der Waals surface area contributed by atoms with Crippen molar-refractivity contribution >= 4 is 34.1 Å². The van der Waals surface area contributed by atoms with Crippen LogP contribution in [-0.4, -0.2) is 46.5 Å². The molecule has 174 valence electrons. The summed E-state index contributed by atoms with van der Waals surface area (Å²) in [5.41, 5.74) is 3.79. The van der Waals surface area contributed by atoms with Gasteiger partial charge in [0.25, 0.3) is 5.56 Å². The number of hydrogen-bond donors (Lipinski definition) is 2. The summed E-state index contributed by atoms with van der Waals surface area (Å²) in [6, 6.07) is 8.35. The van der Waals surface area contributed by atoms with E-state index in [1.165, 1.54) is 12.6 Å². The van der Waals surface area contributed by atoms with Gasteiger partial charge in [0.15, 0.2) is 5.78 Å². The maximum atomic E-state index is 13.4. The van der Waals surface area contributed by atoms with Crippen LogP contribution in [0.25, 0.3) is 11.0 Å². The number of aromatic nitrogens is 3. The third-order valence-electron chi connectivity index (χ3n) is 8.55. The summed E-state index contributed by atoms with van der Waals surface area (Å²) in [4.78, 5) is 37.5. The number of carbonyl (C=O) groups excluding carboxylic acids is 1. The molecular weight excluding hydrogens is 428 g/mol. The van der Waals surface area contributed by atoms with Gasteiger partial charge >= 0.3 is 0 Å². The number of pyridine rings is 1. The van der Waals surface area contributed by atoms with Gasteiger partial charge in [-0.3, -0.25) is 14.2 Å². The first-order chi connectivity index (χ1) is 16.4. The van der Waals surface area contributed by atoms with E-state index >= 15 is 0 Å². The summed E-state index contributed by atoms with van der Waals surface area (Å²) in [5, 5.41) is 7.45. The zero-order valence-electron chi connectivity index (χ0n) is 19.5. The molecule has 8 nitrogen and oxygen atoms in total. The Morgan fingerprint density at radius 2 is 1.85 bits per heavy atom. The third kappa shape index (κ3) is 2.69. The molecule has 4 heterocycles. The first kappa shape index (κ1) is 20.1. The fraction of sp³-hybridized carbons (Fsp3) is 0.462. The summed E-state index contributed by atoms with van der Waals surface area (Å²) >= 11 is 0. The number of nitrogens with one attached hydrogen (secondary N) is 2. The smallest absolute Gasteiger partial charge is 0.263 e. The molecule has 1 aromatic carbocycles. The topological polar surface area (TPSA) is 92.2 Å². The van der Waals surface area contributed by atoms with Gasteiger partial charge in [-0.25, -0.2) is 4.98 Å². The Morgan fingerprint density at radius 1 is 1.15 bits per heavy atom. The Bertz CT molecular complexity index is 1400. The fourth-order valence-electron chi connectivity index (χ4n) is 6.47. The molecule has 3 aliphatic carbocycles. The van der Waals surface area contributed by atoms with Crippen LogP contribution < -0.4 is 21.1 Å². The van der Waals surface area contributed by atoms with Crippen molar-refractivity contribution in [2.45, 2.75) is 38.6 Å². The predicted octanol–water partition coefficient (Wildman–Crippen LogP) is 2.96. The molecule has 1 spiro atoms. The van der Waals surface area contributed by atoms with Crippen LogP contribution in [0.1, 0.15) is 42.1 Å². The van der Waals surface area contributed by atoms with Crippen LogP contribution in [0.5, 0.6) is 0 Å². The van der Waals surface area contributed by atoms with E-state index in [0.717, 1.165) is 56.5 Å². The number of aryl methyl sites for hydroxylation is 1. The average Bonchev–Trinajstić information content (AvgIpc) is 2.67. The van der Waals surface area contributed by atoms with Crippen LogP contribution >= 0.6 is 0 Å². The summed E-state index contributed by atoms with van der Waals surface area (Å²) in [6.07, 6.45) is 4.72. The van der Waals surface area contributed by atoms with E-state index in [2.05, 4.69) is 32.7 Å². The first-order valence-electron chi connectivity index (χ1n) is 12.1. The van der Waals surface area contributed by atoms with Crippen molar-refractivity contribution < 1.29 is 4.79 Å². The Hall–Kier alpha value is -3.26. The quantitative estimate of drug-likeness (QED) is 0.570. The number of anilines is 3. The molecule has 0 amide bonds. The van der Waals surface area contributed by atoms with Gasteiger partial charge in [0.05, 0.1) is 11.1 Å². The third-order valence-corrected chi connectivity index (χ3v) is 8.55. The van der Waals surface area contributed by atoms with Gasteiger partial charge in [0.2, 0.25) is 5.95 Å². The Labute approximate surface area is 197 Å². The minimum absolute atomic E-state index is 0.185. The van der Waals surface area contributed by atoms with Crippen molar-refractivity contribution in [3.8, 4) is 0 Å². The van der Waals surface area contributed by atoms with E-state index in [1.807, 2.05) is 19.1 Å². The highest BCUT2D eigenvalue weighted by Gasteiger charge is 2.59. The highest BCUT2D eigenvalue weighted by Crippen LogP contribution is 2.62. The normalized spacial score (nSPS) is 25.8. The van der Waals surface area contributed by atoms with Crippen molar-refractivity contribution in [2.75, 3.05) is 36.4 Å². The van der Waals surface area contributed by atoms with Gasteiger partial charge in [-0.1, -0.05) is 0 Å². The van der Waals surface area contributed by atoms with E-state index in [0.29, 0.717) is 28.5 Å². The number of carbonyl (C=O) groups is 1. The van der Waals surface area contributed by atoms with E-state index in [-0.39, 0.29) is 22.4 Å². The fourth-order valence-corrected chi connectivity index (χ4v) is 6.47. The molecule has 3 saturated carbocycles. The van der Waals surface area contributed by atoms with Gasteiger partial charge in [-0.05, 0) is 68.9 Å². The molecule has 8 heteroatoms. The lowest BCUT2D eigenvalue weighted by molar-refractivity contribution is -0.0884. The van der Waals surface area contributed by atoms with Crippen molar-refractivity contribution in [1.29, 1.82) is 0 Å². The minimum Gasteiger partial charge on any atom is -0.370 e. The molecule has 3 aromatic rings. The SMILES string of the molecule is CC(=O)c1c(C)c2cnc(Nc3ccc(N4CC5(CNC5)C4)cc3)nc2n(C23CC(C2)C3)c1=O. The first-order valence-corrected chi connectivity index (χ1v) is 12.1. The summed E-state index contributed by atoms with van der Waals surface area (Å²) in [7, 11) is 0. The zero-order chi connectivity index (χ0) is 23.2. The molecule has 34 heavy (non-hydrogen) atoms.